The number of carboxylic acids is 1. The van der Waals surface area contributed by atoms with Gasteiger partial charge >= 0.3 is 5.97 Å². The second-order valence-corrected chi connectivity index (χ2v) is 7.87. The van der Waals surface area contributed by atoms with Crippen LogP contribution >= 0.6 is 0 Å². The van der Waals surface area contributed by atoms with E-state index >= 15 is 0 Å². The Morgan fingerprint density at radius 2 is 1.96 bits per heavy atom. The Hall–Kier alpha value is -2.09. The number of hydrogen-bond donors (Lipinski definition) is 1. The summed E-state index contributed by atoms with van der Waals surface area (Å²) >= 11 is 0. The summed E-state index contributed by atoms with van der Waals surface area (Å²) in [6.07, 6.45) is 2.46. The van der Waals surface area contributed by atoms with Gasteiger partial charge in [-0.15, -0.1) is 0 Å². The number of likely N-dealkylation sites (tertiary alicyclic amines) is 1. The number of carbonyl (C=O) groups excluding carboxylic acids is 1. The third kappa shape index (κ3) is 4.95. The van der Waals surface area contributed by atoms with Crippen molar-refractivity contribution in [3.05, 3.63) is 24.3 Å². The molecule has 0 bridgehead atoms. The fraction of sp³-hybridized carbons (Fsp3) is 0.500. The molecule has 8 heteroatoms. The molecule has 132 valence electrons. The number of amides is 1. The second kappa shape index (κ2) is 7.65. The molecule has 7 nitrogen and oxygen atoms in total. The first kappa shape index (κ1) is 18.3. The first-order valence-corrected chi connectivity index (χ1v) is 9.60. The summed E-state index contributed by atoms with van der Waals surface area (Å²) in [5.41, 5.74) is 0. The van der Waals surface area contributed by atoms with E-state index in [4.69, 9.17) is 9.84 Å². The first-order valence-electron chi connectivity index (χ1n) is 7.71. The average Bonchev–Trinajstić information content (AvgIpc) is 3.01. The van der Waals surface area contributed by atoms with E-state index in [2.05, 4.69) is 0 Å². The van der Waals surface area contributed by atoms with Gasteiger partial charge in [0.1, 0.15) is 5.75 Å². The van der Waals surface area contributed by atoms with Gasteiger partial charge in [-0.05, 0) is 37.1 Å². The Labute approximate surface area is 141 Å². The summed E-state index contributed by atoms with van der Waals surface area (Å²) in [6.45, 7) is 1.10. The standard InChI is InChI=1S/C16H21NO6S/c1-24(21,22)14-6-4-13(5-7-14)23-10-2-3-15(18)17-9-8-12(11-17)16(19)20/h4-7,12H,2-3,8-11H2,1H3,(H,19,20)/t12-/m0/s1. The van der Waals surface area contributed by atoms with Gasteiger partial charge in [0.05, 0.1) is 17.4 Å². The Morgan fingerprint density at radius 3 is 2.50 bits per heavy atom. The average molecular weight is 355 g/mol. The van der Waals surface area contributed by atoms with Crippen molar-refractivity contribution in [2.24, 2.45) is 5.92 Å². The highest BCUT2D eigenvalue weighted by atomic mass is 32.2. The third-order valence-corrected chi connectivity index (χ3v) is 5.07. The summed E-state index contributed by atoms with van der Waals surface area (Å²) in [4.78, 5) is 24.7. The molecule has 0 saturated carbocycles. The van der Waals surface area contributed by atoms with Crippen LogP contribution in [0, 0.1) is 5.92 Å². The van der Waals surface area contributed by atoms with Crippen LogP contribution in [-0.4, -0.2) is 56.3 Å². The van der Waals surface area contributed by atoms with Crippen molar-refractivity contribution in [2.45, 2.75) is 24.2 Å². The number of sulfone groups is 1. The van der Waals surface area contributed by atoms with Crippen molar-refractivity contribution in [3.8, 4) is 5.75 Å². The Morgan fingerprint density at radius 1 is 1.29 bits per heavy atom. The number of nitrogens with zero attached hydrogens (tertiary/aromatic N) is 1. The van der Waals surface area contributed by atoms with Gasteiger partial charge in [-0.1, -0.05) is 0 Å². The Kier molecular flexibility index (Phi) is 5.82. The van der Waals surface area contributed by atoms with Gasteiger partial charge in [-0.2, -0.15) is 0 Å². The molecule has 1 saturated heterocycles. The monoisotopic (exact) mass is 355 g/mol. The number of carbonyl (C=O) groups is 2. The summed E-state index contributed by atoms with van der Waals surface area (Å²) in [7, 11) is -3.22. The summed E-state index contributed by atoms with van der Waals surface area (Å²) in [6, 6.07) is 6.12. The van der Waals surface area contributed by atoms with Crippen LogP contribution in [0.3, 0.4) is 0 Å². The minimum Gasteiger partial charge on any atom is -0.494 e. The maximum absolute atomic E-state index is 12.0. The molecule has 0 aliphatic carbocycles. The van der Waals surface area contributed by atoms with Gasteiger partial charge in [0, 0.05) is 25.8 Å². The maximum Gasteiger partial charge on any atom is 0.308 e. The Bertz CT molecular complexity index is 698. The molecule has 1 aliphatic rings. The van der Waals surface area contributed by atoms with E-state index in [0.717, 1.165) is 6.26 Å². The molecule has 1 aliphatic heterocycles. The molecule has 24 heavy (non-hydrogen) atoms. The topological polar surface area (TPSA) is 101 Å². The molecule has 1 aromatic carbocycles. The number of aliphatic carboxylic acids is 1. The largest absolute Gasteiger partial charge is 0.494 e. The van der Waals surface area contributed by atoms with E-state index in [-0.39, 0.29) is 17.3 Å². The molecule has 0 spiro atoms. The lowest BCUT2D eigenvalue weighted by Gasteiger charge is -2.15. The van der Waals surface area contributed by atoms with Gasteiger partial charge in [0.25, 0.3) is 0 Å². The highest BCUT2D eigenvalue weighted by Crippen LogP contribution is 2.18. The molecular weight excluding hydrogens is 334 g/mol. The van der Waals surface area contributed by atoms with Crippen LogP contribution in [0.15, 0.2) is 29.2 Å². The smallest absolute Gasteiger partial charge is 0.308 e. The van der Waals surface area contributed by atoms with Gasteiger partial charge in [0.2, 0.25) is 5.91 Å². The summed E-state index contributed by atoms with van der Waals surface area (Å²) in [5, 5.41) is 8.93. The van der Waals surface area contributed by atoms with Gasteiger partial charge in [-0.25, -0.2) is 8.42 Å². The van der Waals surface area contributed by atoms with E-state index in [9.17, 15) is 18.0 Å². The zero-order valence-corrected chi connectivity index (χ0v) is 14.3. The minimum atomic E-state index is -3.22. The van der Waals surface area contributed by atoms with E-state index in [1.54, 1.807) is 17.0 Å². The number of hydrogen-bond acceptors (Lipinski definition) is 5. The predicted octanol–water partition coefficient (Wildman–Crippen LogP) is 1.18. The lowest BCUT2D eigenvalue weighted by molar-refractivity contribution is -0.141. The van der Waals surface area contributed by atoms with Crippen molar-refractivity contribution < 1.29 is 27.9 Å². The number of benzene rings is 1. The third-order valence-electron chi connectivity index (χ3n) is 3.95. The molecule has 0 radical (unpaired) electrons. The molecule has 1 fully saturated rings. The van der Waals surface area contributed by atoms with Crippen molar-refractivity contribution >= 4 is 21.7 Å². The van der Waals surface area contributed by atoms with Crippen LogP contribution in [0.5, 0.6) is 5.75 Å². The van der Waals surface area contributed by atoms with Crippen molar-refractivity contribution in [3.63, 3.8) is 0 Å². The lowest BCUT2D eigenvalue weighted by Crippen LogP contribution is -2.30. The van der Waals surface area contributed by atoms with Gasteiger partial charge in [-0.3, -0.25) is 9.59 Å². The zero-order chi connectivity index (χ0) is 17.7. The molecule has 0 unspecified atom stereocenters. The van der Waals surface area contributed by atoms with Crippen molar-refractivity contribution in [2.75, 3.05) is 26.0 Å². The van der Waals surface area contributed by atoms with Crippen molar-refractivity contribution in [1.82, 2.24) is 4.90 Å². The quantitative estimate of drug-likeness (QED) is 0.737. The fourth-order valence-electron chi connectivity index (χ4n) is 2.54. The molecule has 1 amide bonds. The van der Waals surface area contributed by atoms with Gasteiger partial charge < -0.3 is 14.7 Å². The van der Waals surface area contributed by atoms with E-state index in [0.29, 0.717) is 38.2 Å². The van der Waals surface area contributed by atoms with E-state index in [1.807, 2.05) is 0 Å². The van der Waals surface area contributed by atoms with Crippen LogP contribution in [-0.2, 0) is 19.4 Å². The Balaban J connectivity index is 1.71. The van der Waals surface area contributed by atoms with Crippen LogP contribution < -0.4 is 4.74 Å². The molecule has 1 heterocycles. The SMILES string of the molecule is CS(=O)(=O)c1ccc(OCCCC(=O)N2CC[C@H](C(=O)O)C2)cc1. The molecular formula is C16H21NO6S. The minimum absolute atomic E-state index is 0.0604. The van der Waals surface area contributed by atoms with Crippen LogP contribution in [0.2, 0.25) is 0 Å². The molecule has 2 rings (SSSR count). The highest BCUT2D eigenvalue weighted by Gasteiger charge is 2.30. The summed E-state index contributed by atoms with van der Waals surface area (Å²) < 4.78 is 28.2. The second-order valence-electron chi connectivity index (χ2n) is 5.86. The van der Waals surface area contributed by atoms with Gasteiger partial charge in [0.15, 0.2) is 9.84 Å². The van der Waals surface area contributed by atoms with Crippen LogP contribution in [0.1, 0.15) is 19.3 Å². The molecule has 1 aromatic rings. The van der Waals surface area contributed by atoms with Crippen LogP contribution in [0.4, 0.5) is 0 Å². The van der Waals surface area contributed by atoms with E-state index < -0.39 is 21.7 Å². The first-order chi connectivity index (χ1) is 11.3. The fourth-order valence-corrected chi connectivity index (χ4v) is 3.17. The zero-order valence-electron chi connectivity index (χ0n) is 13.5. The summed E-state index contributed by atoms with van der Waals surface area (Å²) in [5.74, 6) is -0.832. The number of ether oxygens (including phenoxy) is 1. The number of carboxylic acid groups (broad SMARTS) is 1. The molecule has 1 atom stereocenters. The predicted molar refractivity (Wildman–Crippen MR) is 86.6 cm³/mol. The lowest BCUT2D eigenvalue weighted by atomic mass is 10.1. The molecule has 0 aromatic heterocycles. The number of rotatable bonds is 7. The van der Waals surface area contributed by atoms with Crippen molar-refractivity contribution in [1.29, 1.82) is 0 Å². The normalized spacial score (nSPS) is 17.7. The van der Waals surface area contributed by atoms with Crippen LogP contribution in [0.25, 0.3) is 0 Å². The van der Waals surface area contributed by atoms with E-state index in [1.165, 1.54) is 12.1 Å². The highest BCUT2D eigenvalue weighted by molar-refractivity contribution is 7.90. The molecule has 1 N–H and O–H groups in total. The maximum atomic E-state index is 12.0.